The van der Waals surface area contributed by atoms with E-state index in [9.17, 15) is 22.7 Å². The Balaban J connectivity index is 2.04. The molecule has 7 nitrogen and oxygen atoms in total. The van der Waals surface area contributed by atoms with E-state index < -0.39 is 21.6 Å². The Labute approximate surface area is 184 Å². The molecule has 0 saturated carbocycles. The average Bonchev–Trinajstić information content (AvgIpc) is 3.14. The minimum absolute atomic E-state index is 0.0616. The smallest absolute Gasteiger partial charge is 0.339 e. The van der Waals surface area contributed by atoms with Gasteiger partial charge in [-0.05, 0) is 36.2 Å². The van der Waals surface area contributed by atoms with Crippen molar-refractivity contribution in [1.82, 2.24) is 14.6 Å². The molecule has 1 N–H and O–H groups in total. The van der Waals surface area contributed by atoms with Crippen LogP contribution in [0.25, 0.3) is 28.0 Å². The first-order valence-electron chi connectivity index (χ1n) is 9.91. The second-order valence-corrected chi connectivity index (χ2v) is 9.45. The van der Waals surface area contributed by atoms with Gasteiger partial charge in [0.2, 0.25) is 0 Å². The highest BCUT2D eigenvalue weighted by Crippen LogP contribution is 2.36. The van der Waals surface area contributed by atoms with Gasteiger partial charge in [-0.2, -0.15) is 5.10 Å². The number of carboxylic acid groups (broad SMARTS) is 1. The standard InChI is InChI=1S/C23H20FN3O4S/c1-3-4-19-18(23(28)29)13-25-22-20(14-5-9-16(24)10-6-14)21(26-27(19)22)15-7-11-17(12-8-15)32(2,30)31/h5-13H,3-4H2,1-2H3,(H,28,29). The lowest BCUT2D eigenvalue weighted by atomic mass is 10.0. The number of rotatable bonds is 6. The maximum Gasteiger partial charge on any atom is 0.339 e. The monoisotopic (exact) mass is 453 g/mol. The number of nitrogens with zero attached hydrogens (tertiary/aromatic N) is 3. The zero-order valence-electron chi connectivity index (χ0n) is 17.4. The van der Waals surface area contributed by atoms with Crippen LogP contribution in [0.4, 0.5) is 4.39 Å². The summed E-state index contributed by atoms with van der Waals surface area (Å²) >= 11 is 0. The van der Waals surface area contributed by atoms with Crippen LogP contribution in [0.1, 0.15) is 29.4 Å². The molecule has 32 heavy (non-hydrogen) atoms. The van der Waals surface area contributed by atoms with Gasteiger partial charge in [-0.3, -0.25) is 0 Å². The normalized spacial score (nSPS) is 11.7. The van der Waals surface area contributed by atoms with Crippen LogP contribution in [-0.4, -0.2) is 40.3 Å². The van der Waals surface area contributed by atoms with Crippen LogP contribution in [0, 0.1) is 5.82 Å². The van der Waals surface area contributed by atoms with Crippen molar-refractivity contribution in [3.05, 3.63) is 71.8 Å². The quantitative estimate of drug-likeness (QED) is 0.468. The molecule has 4 aromatic rings. The maximum atomic E-state index is 13.6. The lowest BCUT2D eigenvalue weighted by molar-refractivity contribution is 0.0694. The summed E-state index contributed by atoms with van der Waals surface area (Å²) in [6, 6.07) is 12.1. The van der Waals surface area contributed by atoms with Crippen LogP contribution in [0.2, 0.25) is 0 Å². The van der Waals surface area contributed by atoms with Crippen LogP contribution in [-0.2, 0) is 16.3 Å². The van der Waals surface area contributed by atoms with Crippen molar-refractivity contribution in [2.75, 3.05) is 6.26 Å². The number of hydrogen-bond donors (Lipinski definition) is 1. The number of halogens is 1. The predicted molar refractivity (Wildman–Crippen MR) is 118 cm³/mol. The van der Waals surface area contributed by atoms with Gasteiger partial charge in [-0.15, -0.1) is 0 Å². The van der Waals surface area contributed by atoms with Gasteiger partial charge in [0.25, 0.3) is 0 Å². The molecule has 0 bridgehead atoms. The molecule has 0 aliphatic rings. The summed E-state index contributed by atoms with van der Waals surface area (Å²) in [7, 11) is -3.37. The molecule has 2 aromatic heterocycles. The van der Waals surface area contributed by atoms with Crippen LogP contribution in [0.15, 0.2) is 59.6 Å². The third kappa shape index (κ3) is 3.87. The summed E-state index contributed by atoms with van der Waals surface area (Å²) in [4.78, 5) is 16.3. The fraction of sp³-hybridized carbons (Fsp3) is 0.174. The van der Waals surface area contributed by atoms with Crippen LogP contribution in [0.3, 0.4) is 0 Å². The number of fused-ring (bicyclic) bond motifs is 1. The van der Waals surface area contributed by atoms with Gasteiger partial charge in [-0.1, -0.05) is 37.6 Å². The average molecular weight is 453 g/mol. The number of hydrogen-bond acceptors (Lipinski definition) is 5. The van der Waals surface area contributed by atoms with Crippen LogP contribution < -0.4 is 0 Å². The number of benzene rings is 2. The van der Waals surface area contributed by atoms with Gasteiger partial charge in [0, 0.05) is 18.0 Å². The zero-order chi connectivity index (χ0) is 23.0. The minimum atomic E-state index is -3.37. The van der Waals surface area contributed by atoms with E-state index >= 15 is 0 Å². The van der Waals surface area contributed by atoms with Crippen molar-refractivity contribution < 1.29 is 22.7 Å². The van der Waals surface area contributed by atoms with Gasteiger partial charge in [-0.25, -0.2) is 27.1 Å². The first-order chi connectivity index (χ1) is 15.2. The first kappa shape index (κ1) is 21.6. The first-order valence-corrected chi connectivity index (χ1v) is 11.8. The lowest BCUT2D eigenvalue weighted by Gasteiger charge is -2.07. The van der Waals surface area contributed by atoms with Gasteiger partial charge in [0.1, 0.15) is 11.5 Å². The third-order valence-electron chi connectivity index (χ3n) is 5.15. The number of carboxylic acids is 1. The van der Waals surface area contributed by atoms with E-state index in [0.29, 0.717) is 46.6 Å². The number of aromatic nitrogens is 3. The van der Waals surface area contributed by atoms with Crippen LogP contribution in [0.5, 0.6) is 0 Å². The van der Waals surface area contributed by atoms with Crippen molar-refractivity contribution in [2.45, 2.75) is 24.7 Å². The molecule has 0 amide bonds. The molecule has 9 heteroatoms. The maximum absolute atomic E-state index is 13.6. The Morgan fingerprint density at radius 1 is 1.06 bits per heavy atom. The van der Waals surface area contributed by atoms with Crippen LogP contribution >= 0.6 is 0 Å². The molecule has 0 aliphatic heterocycles. The molecule has 0 unspecified atom stereocenters. The molecule has 2 heterocycles. The minimum Gasteiger partial charge on any atom is -0.478 e. The topological polar surface area (TPSA) is 102 Å². The summed E-state index contributed by atoms with van der Waals surface area (Å²) in [6.45, 7) is 1.94. The highest BCUT2D eigenvalue weighted by molar-refractivity contribution is 7.90. The van der Waals surface area contributed by atoms with E-state index in [1.165, 1.54) is 35.0 Å². The molecule has 0 saturated heterocycles. The van der Waals surface area contributed by atoms with Crippen molar-refractivity contribution in [3.63, 3.8) is 0 Å². The number of aromatic carboxylic acids is 1. The van der Waals surface area contributed by atoms with E-state index in [1.807, 2.05) is 6.92 Å². The highest BCUT2D eigenvalue weighted by Gasteiger charge is 2.23. The zero-order valence-corrected chi connectivity index (χ0v) is 18.2. The molecular weight excluding hydrogens is 433 g/mol. The van der Waals surface area contributed by atoms with Gasteiger partial charge >= 0.3 is 5.97 Å². The van der Waals surface area contributed by atoms with Gasteiger partial charge in [0.05, 0.1) is 21.7 Å². The summed E-state index contributed by atoms with van der Waals surface area (Å²) in [6.07, 6.45) is 3.61. The van der Waals surface area contributed by atoms with E-state index in [2.05, 4.69) is 10.1 Å². The second-order valence-electron chi connectivity index (χ2n) is 7.44. The Morgan fingerprint density at radius 3 is 2.25 bits per heavy atom. The molecule has 164 valence electrons. The molecule has 4 rings (SSSR count). The SMILES string of the molecule is CCCc1c(C(=O)O)cnc2c(-c3ccc(F)cc3)c(-c3ccc(S(C)(=O)=O)cc3)nn12. The van der Waals surface area contributed by atoms with E-state index in [-0.39, 0.29) is 10.5 Å². The second kappa shape index (κ2) is 8.16. The molecule has 0 fully saturated rings. The number of carbonyl (C=O) groups is 1. The molecular formula is C23H20FN3O4S. The molecule has 2 aromatic carbocycles. The molecule has 0 aliphatic carbocycles. The number of aryl methyl sites for hydroxylation is 1. The predicted octanol–water partition coefficient (Wildman–Crippen LogP) is 4.26. The Bertz CT molecular complexity index is 1430. The Hall–Kier alpha value is -3.59. The highest BCUT2D eigenvalue weighted by atomic mass is 32.2. The largest absolute Gasteiger partial charge is 0.478 e. The molecule has 0 spiro atoms. The fourth-order valence-electron chi connectivity index (χ4n) is 3.63. The van der Waals surface area contributed by atoms with Crippen molar-refractivity contribution >= 4 is 21.5 Å². The Morgan fingerprint density at radius 2 is 1.69 bits per heavy atom. The summed E-state index contributed by atoms with van der Waals surface area (Å²) < 4.78 is 38.8. The van der Waals surface area contributed by atoms with Crippen molar-refractivity contribution in [3.8, 4) is 22.4 Å². The summed E-state index contributed by atoms with van der Waals surface area (Å²) in [5, 5.41) is 14.3. The molecule has 0 radical (unpaired) electrons. The van der Waals surface area contributed by atoms with Crippen molar-refractivity contribution in [2.24, 2.45) is 0 Å². The lowest BCUT2D eigenvalue weighted by Crippen LogP contribution is -2.10. The van der Waals surface area contributed by atoms with Crippen molar-refractivity contribution in [1.29, 1.82) is 0 Å². The van der Waals surface area contributed by atoms with E-state index in [1.54, 1.807) is 24.3 Å². The summed E-state index contributed by atoms with van der Waals surface area (Å²) in [5.41, 5.74) is 3.38. The number of sulfone groups is 1. The van der Waals surface area contributed by atoms with E-state index in [4.69, 9.17) is 0 Å². The van der Waals surface area contributed by atoms with E-state index in [0.717, 1.165) is 6.26 Å². The molecule has 0 atom stereocenters. The fourth-order valence-corrected chi connectivity index (χ4v) is 4.26. The Kier molecular flexibility index (Phi) is 5.52. The summed E-state index contributed by atoms with van der Waals surface area (Å²) in [5.74, 6) is -1.49. The third-order valence-corrected chi connectivity index (χ3v) is 6.28. The van der Waals surface area contributed by atoms with Gasteiger partial charge < -0.3 is 5.11 Å². The van der Waals surface area contributed by atoms with Gasteiger partial charge in [0.15, 0.2) is 15.5 Å².